The van der Waals surface area contributed by atoms with Crippen LogP contribution in [0.4, 0.5) is 5.69 Å². The number of nitrogens with zero attached hydrogens (tertiary/aromatic N) is 1. The third-order valence-corrected chi connectivity index (χ3v) is 2.72. The standard InChI is InChI=1S/C14H12N2O4/c1-9-8-10(16(18)19)2-5-12(9)13-6-3-11(20-13)4-7-14(15)17/h2-8H,1H3,(H2,15,17). The van der Waals surface area contributed by atoms with Gasteiger partial charge in [0, 0.05) is 23.8 Å². The second kappa shape index (κ2) is 5.40. The summed E-state index contributed by atoms with van der Waals surface area (Å²) in [5.41, 5.74) is 6.52. The Morgan fingerprint density at radius 1 is 1.35 bits per heavy atom. The molecule has 0 aliphatic rings. The SMILES string of the molecule is Cc1cc([N+](=O)[O-])ccc1-c1ccc(C=CC(N)=O)o1. The Morgan fingerprint density at radius 2 is 2.10 bits per heavy atom. The molecule has 0 aliphatic heterocycles. The molecule has 0 unspecified atom stereocenters. The number of primary amides is 1. The molecule has 0 atom stereocenters. The van der Waals surface area contributed by atoms with E-state index < -0.39 is 10.8 Å². The van der Waals surface area contributed by atoms with E-state index in [1.54, 1.807) is 25.1 Å². The van der Waals surface area contributed by atoms with Crippen LogP contribution in [0.15, 0.2) is 40.8 Å². The number of nitro groups is 1. The van der Waals surface area contributed by atoms with E-state index in [0.29, 0.717) is 11.5 Å². The summed E-state index contributed by atoms with van der Waals surface area (Å²) in [6.07, 6.45) is 2.66. The Morgan fingerprint density at radius 3 is 2.70 bits per heavy atom. The van der Waals surface area contributed by atoms with Crippen molar-refractivity contribution in [3.05, 3.63) is 57.8 Å². The van der Waals surface area contributed by atoms with Crippen LogP contribution >= 0.6 is 0 Å². The molecule has 2 rings (SSSR count). The van der Waals surface area contributed by atoms with E-state index in [1.807, 2.05) is 0 Å². The number of carbonyl (C=O) groups excluding carboxylic acids is 1. The smallest absolute Gasteiger partial charge is 0.269 e. The van der Waals surface area contributed by atoms with Crippen LogP contribution in [-0.4, -0.2) is 10.8 Å². The lowest BCUT2D eigenvalue weighted by Crippen LogP contribution is -2.04. The van der Waals surface area contributed by atoms with Crippen LogP contribution in [0.5, 0.6) is 0 Å². The maximum atomic E-state index is 10.7. The van der Waals surface area contributed by atoms with Gasteiger partial charge in [0.25, 0.3) is 5.69 Å². The fraction of sp³-hybridized carbons (Fsp3) is 0.0714. The van der Waals surface area contributed by atoms with Gasteiger partial charge in [0.2, 0.25) is 5.91 Å². The van der Waals surface area contributed by atoms with Crippen molar-refractivity contribution in [3.63, 3.8) is 0 Å². The van der Waals surface area contributed by atoms with Crippen molar-refractivity contribution in [1.29, 1.82) is 0 Å². The highest BCUT2D eigenvalue weighted by Gasteiger charge is 2.11. The highest BCUT2D eigenvalue weighted by atomic mass is 16.6. The largest absolute Gasteiger partial charge is 0.457 e. The average Bonchev–Trinajstić information content (AvgIpc) is 2.84. The van der Waals surface area contributed by atoms with Gasteiger partial charge in [-0.1, -0.05) is 0 Å². The highest BCUT2D eigenvalue weighted by Crippen LogP contribution is 2.28. The minimum atomic E-state index is -0.561. The molecule has 102 valence electrons. The number of rotatable bonds is 4. The van der Waals surface area contributed by atoms with Gasteiger partial charge in [0.15, 0.2) is 0 Å². The predicted octanol–water partition coefficient (Wildman–Crippen LogP) is 2.66. The van der Waals surface area contributed by atoms with Gasteiger partial charge in [-0.2, -0.15) is 0 Å². The first kappa shape index (κ1) is 13.5. The van der Waals surface area contributed by atoms with Crippen molar-refractivity contribution >= 4 is 17.7 Å². The number of hydrogen-bond donors (Lipinski definition) is 1. The minimum Gasteiger partial charge on any atom is -0.457 e. The fourth-order valence-electron chi connectivity index (χ4n) is 1.79. The molecule has 1 aromatic carbocycles. The van der Waals surface area contributed by atoms with Gasteiger partial charge >= 0.3 is 0 Å². The van der Waals surface area contributed by atoms with Gasteiger partial charge in [0.1, 0.15) is 11.5 Å². The van der Waals surface area contributed by atoms with Crippen LogP contribution in [-0.2, 0) is 4.79 Å². The summed E-state index contributed by atoms with van der Waals surface area (Å²) in [7, 11) is 0. The number of non-ortho nitro benzene ring substituents is 1. The lowest BCUT2D eigenvalue weighted by Gasteiger charge is -2.02. The van der Waals surface area contributed by atoms with E-state index >= 15 is 0 Å². The molecule has 1 amide bonds. The fourth-order valence-corrected chi connectivity index (χ4v) is 1.79. The van der Waals surface area contributed by atoms with Crippen LogP contribution in [0.25, 0.3) is 17.4 Å². The van der Waals surface area contributed by atoms with Crippen LogP contribution < -0.4 is 5.73 Å². The zero-order valence-corrected chi connectivity index (χ0v) is 10.7. The van der Waals surface area contributed by atoms with E-state index in [9.17, 15) is 14.9 Å². The Hall–Kier alpha value is -2.89. The molecule has 0 aliphatic carbocycles. The molecule has 0 fully saturated rings. The van der Waals surface area contributed by atoms with Crippen LogP contribution in [0.1, 0.15) is 11.3 Å². The maximum Gasteiger partial charge on any atom is 0.269 e. The summed E-state index contributed by atoms with van der Waals surface area (Å²) >= 11 is 0. The molecule has 0 spiro atoms. The Bertz CT molecular complexity index is 701. The van der Waals surface area contributed by atoms with Gasteiger partial charge < -0.3 is 10.2 Å². The molecule has 0 saturated heterocycles. The molecule has 0 bridgehead atoms. The van der Waals surface area contributed by atoms with Crippen molar-refractivity contribution in [2.24, 2.45) is 5.73 Å². The number of hydrogen-bond acceptors (Lipinski definition) is 4. The normalized spacial score (nSPS) is 10.8. The molecule has 2 N–H and O–H groups in total. The van der Waals surface area contributed by atoms with Crippen LogP contribution in [0, 0.1) is 17.0 Å². The number of benzene rings is 1. The van der Waals surface area contributed by atoms with Crippen LogP contribution in [0.2, 0.25) is 0 Å². The first-order valence-electron chi connectivity index (χ1n) is 5.80. The highest BCUT2D eigenvalue weighted by molar-refractivity contribution is 5.89. The minimum absolute atomic E-state index is 0.0339. The van der Waals surface area contributed by atoms with E-state index in [2.05, 4.69) is 0 Å². The molecule has 2 aromatic rings. The van der Waals surface area contributed by atoms with Crippen molar-refractivity contribution in [1.82, 2.24) is 0 Å². The van der Waals surface area contributed by atoms with Crippen LogP contribution in [0.3, 0.4) is 0 Å². The van der Waals surface area contributed by atoms with Crippen molar-refractivity contribution in [2.75, 3.05) is 0 Å². The number of nitro benzene ring substituents is 1. The molecule has 0 saturated carbocycles. The third kappa shape index (κ3) is 2.92. The molecule has 6 nitrogen and oxygen atoms in total. The second-order valence-electron chi connectivity index (χ2n) is 4.19. The van der Waals surface area contributed by atoms with Gasteiger partial charge in [0.05, 0.1) is 4.92 Å². The molecule has 20 heavy (non-hydrogen) atoms. The summed E-state index contributed by atoms with van der Waals surface area (Å²) in [4.78, 5) is 20.9. The first-order chi connectivity index (χ1) is 9.47. The number of aryl methyl sites for hydroxylation is 1. The monoisotopic (exact) mass is 272 g/mol. The summed E-state index contributed by atoms with van der Waals surface area (Å²) in [5, 5.41) is 10.7. The lowest BCUT2D eigenvalue weighted by atomic mass is 10.1. The summed E-state index contributed by atoms with van der Waals surface area (Å²) in [6.45, 7) is 1.77. The topological polar surface area (TPSA) is 99.4 Å². The summed E-state index contributed by atoms with van der Waals surface area (Å²) in [5.74, 6) is 0.493. The average molecular weight is 272 g/mol. The van der Waals surface area contributed by atoms with Crippen molar-refractivity contribution in [2.45, 2.75) is 6.92 Å². The zero-order valence-electron chi connectivity index (χ0n) is 10.7. The van der Waals surface area contributed by atoms with E-state index in [1.165, 1.54) is 24.3 Å². The van der Waals surface area contributed by atoms with Gasteiger partial charge in [-0.05, 0) is 36.8 Å². The molecular formula is C14H12N2O4. The summed E-state index contributed by atoms with van der Waals surface area (Å²) in [6, 6.07) is 7.96. The predicted molar refractivity (Wildman–Crippen MR) is 73.8 cm³/mol. The Labute approximate surface area is 114 Å². The third-order valence-electron chi connectivity index (χ3n) is 2.72. The van der Waals surface area contributed by atoms with E-state index in [4.69, 9.17) is 10.2 Å². The van der Waals surface area contributed by atoms with Crippen molar-refractivity contribution < 1.29 is 14.1 Å². The number of carbonyl (C=O) groups is 1. The quantitative estimate of drug-likeness (QED) is 0.525. The maximum absolute atomic E-state index is 10.7. The van der Waals surface area contributed by atoms with Crippen molar-refractivity contribution in [3.8, 4) is 11.3 Å². The lowest BCUT2D eigenvalue weighted by molar-refractivity contribution is -0.384. The Kier molecular flexibility index (Phi) is 3.65. The molecule has 0 radical (unpaired) electrons. The van der Waals surface area contributed by atoms with Gasteiger partial charge in [-0.25, -0.2) is 0 Å². The molecular weight excluding hydrogens is 260 g/mol. The summed E-state index contributed by atoms with van der Waals surface area (Å²) < 4.78 is 5.54. The molecule has 1 heterocycles. The van der Waals surface area contributed by atoms with Gasteiger partial charge in [-0.3, -0.25) is 14.9 Å². The first-order valence-corrected chi connectivity index (χ1v) is 5.80. The van der Waals surface area contributed by atoms with Gasteiger partial charge in [-0.15, -0.1) is 0 Å². The number of amides is 1. The van der Waals surface area contributed by atoms with E-state index in [-0.39, 0.29) is 5.69 Å². The zero-order chi connectivity index (χ0) is 14.7. The number of nitrogens with two attached hydrogens (primary N) is 1. The molecule has 1 aromatic heterocycles. The van der Waals surface area contributed by atoms with E-state index in [0.717, 1.165) is 11.1 Å². The molecule has 6 heteroatoms. The second-order valence-corrected chi connectivity index (χ2v) is 4.19. The number of furan rings is 1. The Balaban J connectivity index is 2.33.